The van der Waals surface area contributed by atoms with Crippen LogP contribution < -0.4 is 5.43 Å². The van der Waals surface area contributed by atoms with E-state index in [0.717, 1.165) is 9.87 Å². The molecule has 0 bridgehead atoms. The van der Waals surface area contributed by atoms with Crippen molar-refractivity contribution in [2.24, 2.45) is 5.10 Å². The number of amides is 1. The van der Waals surface area contributed by atoms with Crippen LogP contribution in [0.4, 0.5) is 0 Å². The zero-order valence-corrected chi connectivity index (χ0v) is 17.6. The lowest BCUT2D eigenvalue weighted by Crippen LogP contribution is -2.40. The standard InChI is InChI=1S/C23H23N3O4S/c27-21-11-7-10-20(16-21)17-24-25-23(28)18-26(15-14-19-8-3-1-4-9-19)31(29,30)22-12-5-2-6-13-22/h1-13,16-17,27H,14-15,18H2,(H,25,28)/b24-17+. The van der Waals surface area contributed by atoms with Gasteiger partial charge in [-0.05, 0) is 41.8 Å². The van der Waals surface area contributed by atoms with Crippen molar-refractivity contribution in [1.82, 2.24) is 9.73 Å². The first-order valence-corrected chi connectivity index (χ1v) is 11.1. The zero-order valence-electron chi connectivity index (χ0n) is 16.8. The lowest BCUT2D eigenvalue weighted by molar-refractivity contribution is -0.121. The second kappa shape index (κ2) is 10.5. The molecule has 0 atom stereocenters. The maximum atomic E-state index is 13.1. The number of carbonyl (C=O) groups excluding carboxylic acids is 1. The van der Waals surface area contributed by atoms with E-state index in [9.17, 15) is 18.3 Å². The predicted molar refractivity (Wildman–Crippen MR) is 119 cm³/mol. The number of benzene rings is 3. The average molecular weight is 438 g/mol. The van der Waals surface area contributed by atoms with Crippen LogP contribution in [0.25, 0.3) is 0 Å². The fourth-order valence-corrected chi connectivity index (χ4v) is 4.32. The highest BCUT2D eigenvalue weighted by molar-refractivity contribution is 7.89. The van der Waals surface area contributed by atoms with E-state index in [1.165, 1.54) is 30.5 Å². The van der Waals surface area contributed by atoms with E-state index in [-0.39, 0.29) is 23.7 Å². The van der Waals surface area contributed by atoms with Crippen LogP contribution in [0.15, 0.2) is 94.9 Å². The van der Waals surface area contributed by atoms with Crippen LogP contribution >= 0.6 is 0 Å². The summed E-state index contributed by atoms with van der Waals surface area (Å²) in [6.45, 7) is -0.230. The van der Waals surface area contributed by atoms with Crippen LogP contribution in [-0.2, 0) is 21.2 Å². The van der Waals surface area contributed by atoms with Crippen LogP contribution in [0.3, 0.4) is 0 Å². The predicted octanol–water partition coefficient (Wildman–Crippen LogP) is 2.78. The number of phenolic OH excluding ortho intramolecular Hbond substituents is 1. The number of nitrogens with zero attached hydrogens (tertiary/aromatic N) is 2. The minimum absolute atomic E-state index is 0.0799. The monoisotopic (exact) mass is 437 g/mol. The summed E-state index contributed by atoms with van der Waals surface area (Å²) in [5, 5.41) is 13.3. The number of phenols is 1. The molecule has 0 aliphatic rings. The molecule has 3 aromatic rings. The van der Waals surface area contributed by atoms with E-state index in [4.69, 9.17) is 0 Å². The highest BCUT2D eigenvalue weighted by Gasteiger charge is 2.26. The van der Waals surface area contributed by atoms with E-state index in [0.29, 0.717) is 12.0 Å². The molecule has 0 fully saturated rings. The van der Waals surface area contributed by atoms with Gasteiger partial charge in [-0.15, -0.1) is 0 Å². The lowest BCUT2D eigenvalue weighted by atomic mass is 10.1. The molecule has 7 nitrogen and oxygen atoms in total. The van der Waals surface area contributed by atoms with Gasteiger partial charge in [-0.2, -0.15) is 9.41 Å². The van der Waals surface area contributed by atoms with Gasteiger partial charge in [0.1, 0.15) is 5.75 Å². The molecule has 0 radical (unpaired) electrons. The normalized spacial score (nSPS) is 11.6. The van der Waals surface area contributed by atoms with Crippen LogP contribution in [-0.4, -0.2) is 43.0 Å². The number of hydrogen-bond donors (Lipinski definition) is 2. The Morgan fingerprint density at radius 2 is 1.65 bits per heavy atom. The Kier molecular flexibility index (Phi) is 7.53. The van der Waals surface area contributed by atoms with Gasteiger partial charge in [-0.25, -0.2) is 13.8 Å². The summed E-state index contributed by atoms with van der Waals surface area (Å²) in [6.07, 6.45) is 1.84. The molecule has 0 heterocycles. The van der Waals surface area contributed by atoms with Crippen molar-refractivity contribution < 1.29 is 18.3 Å². The summed E-state index contributed by atoms with van der Waals surface area (Å²) in [7, 11) is -3.86. The Morgan fingerprint density at radius 1 is 0.968 bits per heavy atom. The van der Waals surface area contributed by atoms with Gasteiger partial charge >= 0.3 is 0 Å². The van der Waals surface area contributed by atoms with Crippen molar-refractivity contribution in [2.45, 2.75) is 11.3 Å². The molecular formula is C23H23N3O4S. The SMILES string of the molecule is O=C(CN(CCc1ccccc1)S(=O)(=O)c1ccccc1)N/N=C/c1cccc(O)c1. The van der Waals surface area contributed by atoms with Crippen LogP contribution in [0.1, 0.15) is 11.1 Å². The molecule has 3 aromatic carbocycles. The Hall–Kier alpha value is -3.49. The molecular weight excluding hydrogens is 414 g/mol. The second-order valence-corrected chi connectivity index (χ2v) is 8.71. The number of sulfonamides is 1. The number of hydrogen-bond acceptors (Lipinski definition) is 5. The fraction of sp³-hybridized carbons (Fsp3) is 0.130. The molecule has 0 saturated heterocycles. The maximum Gasteiger partial charge on any atom is 0.255 e. The molecule has 3 rings (SSSR count). The Bertz CT molecular complexity index is 1130. The van der Waals surface area contributed by atoms with E-state index in [2.05, 4.69) is 10.5 Å². The van der Waals surface area contributed by atoms with Gasteiger partial charge in [-0.3, -0.25) is 4.79 Å². The van der Waals surface area contributed by atoms with Gasteiger partial charge in [0.05, 0.1) is 17.7 Å². The average Bonchev–Trinajstić information content (AvgIpc) is 2.78. The summed E-state index contributed by atoms with van der Waals surface area (Å²) in [5.41, 5.74) is 3.91. The van der Waals surface area contributed by atoms with Gasteiger partial charge in [0, 0.05) is 6.54 Å². The summed E-state index contributed by atoms with van der Waals surface area (Å²) < 4.78 is 27.4. The number of aromatic hydroxyl groups is 1. The number of nitrogens with one attached hydrogen (secondary N) is 1. The Morgan fingerprint density at radius 3 is 2.32 bits per heavy atom. The van der Waals surface area contributed by atoms with E-state index >= 15 is 0 Å². The van der Waals surface area contributed by atoms with Crippen LogP contribution in [0, 0.1) is 0 Å². The molecule has 2 N–H and O–H groups in total. The molecule has 160 valence electrons. The Labute approximate surface area is 181 Å². The van der Waals surface area contributed by atoms with Gasteiger partial charge in [0.25, 0.3) is 5.91 Å². The Balaban J connectivity index is 1.71. The van der Waals surface area contributed by atoms with Gasteiger partial charge in [0.15, 0.2) is 0 Å². The summed E-state index contributed by atoms with van der Waals surface area (Å²) in [4.78, 5) is 12.5. The zero-order chi connectivity index (χ0) is 22.1. The van der Waals surface area contributed by atoms with Gasteiger partial charge in [0.2, 0.25) is 10.0 Å². The van der Waals surface area contributed by atoms with Crippen molar-refractivity contribution >= 4 is 22.1 Å². The minimum Gasteiger partial charge on any atom is -0.508 e. The molecule has 1 amide bonds. The molecule has 0 aliphatic carbocycles. The van der Waals surface area contributed by atoms with E-state index in [1.807, 2.05) is 30.3 Å². The largest absolute Gasteiger partial charge is 0.508 e. The van der Waals surface area contributed by atoms with Gasteiger partial charge in [-0.1, -0.05) is 60.7 Å². The minimum atomic E-state index is -3.86. The topological polar surface area (TPSA) is 99.1 Å². The summed E-state index contributed by atoms with van der Waals surface area (Å²) >= 11 is 0. The van der Waals surface area contributed by atoms with Crippen molar-refractivity contribution in [3.63, 3.8) is 0 Å². The molecule has 0 unspecified atom stereocenters. The highest BCUT2D eigenvalue weighted by Crippen LogP contribution is 2.16. The van der Waals surface area contributed by atoms with E-state index < -0.39 is 15.9 Å². The van der Waals surface area contributed by atoms with Crippen molar-refractivity contribution in [2.75, 3.05) is 13.1 Å². The summed E-state index contributed by atoms with van der Waals surface area (Å²) in [6, 6.07) is 23.9. The van der Waals surface area contributed by atoms with Gasteiger partial charge < -0.3 is 5.11 Å². The third-order valence-electron chi connectivity index (χ3n) is 4.47. The van der Waals surface area contributed by atoms with Crippen molar-refractivity contribution in [3.8, 4) is 5.75 Å². The van der Waals surface area contributed by atoms with Crippen LogP contribution in [0.5, 0.6) is 5.75 Å². The number of rotatable bonds is 9. The first-order chi connectivity index (χ1) is 14.9. The smallest absolute Gasteiger partial charge is 0.255 e. The number of hydrazone groups is 1. The summed E-state index contributed by atoms with van der Waals surface area (Å²) in [5.74, 6) is -0.486. The van der Waals surface area contributed by atoms with Crippen LogP contribution in [0.2, 0.25) is 0 Å². The molecule has 0 aliphatic heterocycles. The van der Waals surface area contributed by atoms with Crippen molar-refractivity contribution in [1.29, 1.82) is 0 Å². The molecule has 8 heteroatoms. The molecule has 0 saturated carbocycles. The molecule has 31 heavy (non-hydrogen) atoms. The fourth-order valence-electron chi connectivity index (χ4n) is 2.90. The van der Waals surface area contributed by atoms with E-state index in [1.54, 1.807) is 30.3 Å². The first kappa shape index (κ1) is 22.2. The quantitative estimate of drug-likeness (QED) is 0.397. The maximum absolute atomic E-state index is 13.1. The molecule has 0 spiro atoms. The second-order valence-electron chi connectivity index (χ2n) is 6.78. The lowest BCUT2D eigenvalue weighted by Gasteiger charge is -2.21. The van der Waals surface area contributed by atoms with Crippen molar-refractivity contribution in [3.05, 3.63) is 96.1 Å². The third-order valence-corrected chi connectivity index (χ3v) is 6.33. The first-order valence-electron chi connectivity index (χ1n) is 9.65. The highest BCUT2D eigenvalue weighted by atomic mass is 32.2. The number of carbonyl (C=O) groups is 1. The molecule has 0 aromatic heterocycles. The third kappa shape index (κ3) is 6.50.